The molecule has 26 heavy (non-hydrogen) atoms. The average Bonchev–Trinajstić information content (AvgIpc) is 2.56. The van der Waals surface area contributed by atoms with E-state index in [0.717, 1.165) is 11.3 Å². The van der Waals surface area contributed by atoms with E-state index in [4.69, 9.17) is 4.74 Å². The molecule has 138 valence electrons. The topological polar surface area (TPSA) is 116 Å². The van der Waals surface area contributed by atoms with Gasteiger partial charge in [0, 0.05) is 12.1 Å². The summed E-state index contributed by atoms with van der Waals surface area (Å²) in [5.41, 5.74) is 2.79. The van der Waals surface area contributed by atoms with Gasteiger partial charge in [-0.3, -0.25) is 14.6 Å². The Kier molecular flexibility index (Phi) is 6.48. The van der Waals surface area contributed by atoms with Crippen LogP contribution in [0.25, 0.3) is 0 Å². The zero-order chi connectivity index (χ0) is 19.1. The molecular formula is C18H22N4O4. The first-order valence-corrected chi connectivity index (χ1v) is 8.26. The van der Waals surface area contributed by atoms with Crippen LogP contribution in [0.4, 0.5) is 0 Å². The van der Waals surface area contributed by atoms with E-state index in [-0.39, 0.29) is 24.0 Å². The molecule has 1 amide bonds. The number of aryl methyl sites for hydroxylation is 2. The van der Waals surface area contributed by atoms with Gasteiger partial charge in [0.1, 0.15) is 5.75 Å². The second kappa shape index (κ2) is 8.80. The largest absolute Gasteiger partial charge is 0.491 e. The number of ether oxygens (including phenoxy) is 1. The Morgan fingerprint density at radius 1 is 1.23 bits per heavy atom. The number of hydrogen-bond acceptors (Lipinski definition) is 5. The van der Waals surface area contributed by atoms with Crippen LogP contribution in [0, 0.1) is 6.92 Å². The maximum absolute atomic E-state index is 11.8. The van der Waals surface area contributed by atoms with E-state index in [9.17, 15) is 14.4 Å². The lowest BCUT2D eigenvalue weighted by molar-refractivity contribution is -0.121. The molecule has 0 bridgehead atoms. The van der Waals surface area contributed by atoms with E-state index in [0.29, 0.717) is 12.1 Å². The highest BCUT2D eigenvalue weighted by Gasteiger charge is 2.05. The summed E-state index contributed by atoms with van der Waals surface area (Å²) in [4.78, 5) is 39.2. The zero-order valence-corrected chi connectivity index (χ0v) is 15.0. The molecule has 2 rings (SSSR count). The predicted octanol–water partition coefficient (Wildman–Crippen LogP) is 1.24. The van der Waals surface area contributed by atoms with Gasteiger partial charge in [0.2, 0.25) is 5.91 Å². The van der Waals surface area contributed by atoms with Crippen LogP contribution >= 0.6 is 0 Å². The van der Waals surface area contributed by atoms with Gasteiger partial charge in [0.15, 0.2) is 0 Å². The number of hydrogen-bond donors (Lipinski definition) is 3. The van der Waals surface area contributed by atoms with E-state index in [2.05, 4.69) is 20.5 Å². The number of hydrazone groups is 1. The highest BCUT2D eigenvalue weighted by Crippen LogP contribution is 2.14. The number of aromatic nitrogens is 2. The van der Waals surface area contributed by atoms with Crippen LogP contribution in [0.3, 0.4) is 0 Å². The van der Waals surface area contributed by atoms with Crippen molar-refractivity contribution in [2.75, 3.05) is 0 Å². The summed E-state index contributed by atoms with van der Waals surface area (Å²) in [6.07, 6.45) is 2.13. The lowest BCUT2D eigenvalue weighted by atomic mass is 10.1. The highest BCUT2D eigenvalue weighted by atomic mass is 16.5. The summed E-state index contributed by atoms with van der Waals surface area (Å²) >= 11 is 0. The van der Waals surface area contributed by atoms with Crippen LogP contribution in [-0.4, -0.2) is 28.2 Å². The van der Waals surface area contributed by atoms with Crippen LogP contribution in [-0.2, 0) is 11.2 Å². The van der Waals surface area contributed by atoms with Crippen molar-refractivity contribution in [1.29, 1.82) is 0 Å². The molecule has 0 aliphatic rings. The maximum atomic E-state index is 11.8. The van der Waals surface area contributed by atoms with Gasteiger partial charge in [-0.05, 0) is 44.9 Å². The average molecular weight is 358 g/mol. The van der Waals surface area contributed by atoms with Crippen LogP contribution in [0.2, 0.25) is 0 Å². The molecule has 0 atom stereocenters. The lowest BCUT2D eigenvalue weighted by Gasteiger charge is -2.09. The standard InChI is InChI=1S/C18H22N4O4/c1-11(2)26-14-7-4-13(5-8-14)6-9-16(23)22-19-10-15-12(3)20-18(25)21-17(15)24/h4-5,7-8,10-11H,6,9H2,1-3H3,(H,22,23)(H2,20,21,24,25). The monoisotopic (exact) mass is 358 g/mol. The molecule has 0 unspecified atom stereocenters. The molecule has 1 heterocycles. The molecule has 0 saturated carbocycles. The third kappa shape index (κ3) is 5.73. The Morgan fingerprint density at radius 2 is 1.92 bits per heavy atom. The molecule has 0 radical (unpaired) electrons. The second-order valence-corrected chi connectivity index (χ2v) is 6.05. The SMILES string of the molecule is Cc1[nH]c(=O)[nH]c(=O)c1C=NNC(=O)CCc1ccc(OC(C)C)cc1. The third-order valence-corrected chi connectivity index (χ3v) is 3.50. The van der Waals surface area contributed by atoms with Gasteiger partial charge in [-0.1, -0.05) is 12.1 Å². The van der Waals surface area contributed by atoms with Crippen molar-refractivity contribution >= 4 is 12.1 Å². The summed E-state index contributed by atoms with van der Waals surface area (Å²) in [6.45, 7) is 5.49. The first-order chi connectivity index (χ1) is 12.3. The number of carbonyl (C=O) groups is 1. The number of rotatable bonds is 7. The first-order valence-electron chi connectivity index (χ1n) is 8.26. The van der Waals surface area contributed by atoms with Crippen molar-refractivity contribution in [3.05, 3.63) is 61.9 Å². The fourth-order valence-electron chi connectivity index (χ4n) is 2.25. The summed E-state index contributed by atoms with van der Waals surface area (Å²) < 4.78 is 5.57. The number of aromatic amines is 2. The Balaban J connectivity index is 1.86. The van der Waals surface area contributed by atoms with E-state index >= 15 is 0 Å². The molecule has 0 spiro atoms. The lowest BCUT2D eigenvalue weighted by Crippen LogP contribution is -2.27. The number of benzene rings is 1. The van der Waals surface area contributed by atoms with Gasteiger partial charge >= 0.3 is 5.69 Å². The van der Waals surface area contributed by atoms with Crippen LogP contribution < -0.4 is 21.4 Å². The molecule has 0 aliphatic heterocycles. The van der Waals surface area contributed by atoms with E-state index in [1.165, 1.54) is 6.21 Å². The molecular weight excluding hydrogens is 336 g/mol. The smallest absolute Gasteiger partial charge is 0.325 e. The zero-order valence-electron chi connectivity index (χ0n) is 15.0. The molecule has 8 heteroatoms. The van der Waals surface area contributed by atoms with Crippen molar-refractivity contribution in [2.45, 2.75) is 39.7 Å². The molecule has 0 fully saturated rings. The molecule has 1 aromatic carbocycles. The molecule has 1 aromatic heterocycles. The fraction of sp³-hybridized carbons (Fsp3) is 0.333. The minimum absolute atomic E-state index is 0.114. The van der Waals surface area contributed by atoms with Crippen LogP contribution in [0.15, 0.2) is 39.0 Å². The van der Waals surface area contributed by atoms with Crippen LogP contribution in [0.1, 0.15) is 37.1 Å². The Hall–Kier alpha value is -3.16. The molecule has 0 aliphatic carbocycles. The van der Waals surface area contributed by atoms with Gasteiger partial charge in [0.25, 0.3) is 5.56 Å². The predicted molar refractivity (Wildman–Crippen MR) is 98.7 cm³/mol. The Labute approximate surface area is 150 Å². The van der Waals surface area contributed by atoms with Crippen molar-refractivity contribution in [2.24, 2.45) is 5.10 Å². The minimum Gasteiger partial charge on any atom is -0.491 e. The number of carbonyl (C=O) groups excluding carboxylic acids is 1. The molecule has 3 N–H and O–H groups in total. The first kappa shape index (κ1) is 19.2. The summed E-state index contributed by atoms with van der Waals surface area (Å²) in [5.74, 6) is 0.515. The van der Waals surface area contributed by atoms with Crippen molar-refractivity contribution in [3.63, 3.8) is 0 Å². The Morgan fingerprint density at radius 3 is 2.54 bits per heavy atom. The van der Waals surface area contributed by atoms with Gasteiger partial charge in [-0.2, -0.15) is 5.10 Å². The quantitative estimate of drug-likeness (QED) is 0.510. The minimum atomic E-state index is -0.585. The van der Waals surface area contributed by atoms with E-state index in [1.807, 2.05) is 38.1 Å². The van der Waals surface area contributed by atoms with Gasteiger partial charge < -0.3 is 9.72 Å². The highest BCUT2D eigenvalue weighted by molar-refractivity contribution is 5.82. The second-order valence-electron chi connectivity index (χ2n) is 6.05. The summed E-state index contributed by atoms with van der Waals surface area (Å²) in [7, 11) is 0. The van der Waals surface area contributed by atoms with E-state index in [1.54, 1.807) is 6.92 Å². The van der Waals surface area contributed by atoms with Gasteiger partial charge in [-0.25, -0.2) is 10.2 Å². The van der Waals surface area contributed by atoms with Gasteiger partial charge in [-0.15, -0.1) is 0 Å². The Bertz CT molecular complexity index is 895. The normalized spacial score (nSPS) is 11.1. The van der Waals surface area contributed by atoms with Crippen LogP contribution in [0.5, 0.6) is 5.75 Å². The molecule has 2 aromatic rings. The van der Waals surface area contributed by atoms with Gasteiger partial charge in [0.05, 0.1) is 17.9 Å². The third-order valence-electron chi connectivity index (χ3n) is 3.50. The molecule has 0 saturated heterocycles. The summed E-state index contributed by atoms with van der Waals surface area (Å²) in [5, 5.41) is 3.77. The van der Waals surface area contributed by atoms with E-state index < -0.39 is 11.2 Å². The number of amides is 1. The fourth-order valence-corrected chi connectivity index (χ4v) is 2.25. The van der Waals surface area contributed by atoms with Crippen molar-refractivity contribution in [1.82, 2.24) is 15.4 Å². The van der Waals surface area contributed by atoms with Crippen molar-refractivity contribution < 1.29 is 9.53 Å². The number of nitrogens with one attached hydrogen (secondary N) is 3. The molecule has 8 nitrogen and oxygen atoms in total. The maximum Gasteiger partial charge on any atom is 0.325 e. The number of nitrogens with zero attached hydrogens (tertiary/aromatic N) is 1. The van der Waals surface area contributed by atoms with Crippen molar-refractivity contribution in [3.8, 4) is 5.75 Å². The number of H-pyrrole nitrogens is 2. The summed E-state index contributed by atoms with van der Waals surface area (Å²) in [6, 6.07) is 7.57.